The molecule has 22 heavy (non-hydrogen) atoms. The standard InChI is InChI=1S/C21H19B/c1-21(2)18-10-6-9-16(14-7-4-3-5-8-14)20(18)17-12-11-15(22)13-19(17)21/h3-13H,22H2,1-2H3. The van der Waals surface area contributed by atoms with E-state index in [4.69, 9.17) is 0 Å². The van der Waals surface area contributed by atoms with Crippen molar-refractivity contribution >= 4 is 13.3 Å². The molecule has 106 valence electrons. The van der Waals surface area contributed by atoms with Crippen LogP contribution in [0.4, 0.5) is 0 Å². The van der Waals surface area contributed by atoms with Crippen LogP contribution in [-0.2, 0) is 5.41 Å². The zero-order valence-electron chi connectivity index (χ0n) is 13.4. The summed E-state index contributed by atoms with van der Waals surface area (Å²) >= 11 is 0. The summed E-state index contributed by atoms with van der Waals surface area (Å²) in [4.78, 5) is 0. The Morgan fingerprint density at radius 1 is 0.727 bits per heavy atom. The molecule has 4 rings (SSSR count). The maximum absolute atomic E-state index is 2.35. The molecule has 0 aliphatic heterocycles. The topological polar surface area (TPSA) is 0 Å². The van der Waals surface area contributed by atoms with Crippen LogP contribution in [0.2, 0.25) is 0 Å². The fraction of sp³-hybridized carbons (Fsp3) is 0.143. The van der Waals surface area contributed by atoms with Crippen LogP contribution in [0.25, 0.3) is 22.3 Å². The van der Waals surface area contributed by atoms with E-state index in [1.807, 2.05) is 0 Å². The average Bonchev–Trinajstić information content (AvgIpc) is 2.76. The van der Waals surface area contributed by atoms with E-state index in [0.29, 0.717) is 0 Å². The van der Waals surface area contributed by atoms with E-state index >= 15 is 0 Å². The molecule has 0 aromatic heterocycles. The zero-order chi connectivity index (χ0) is 15.3. The molecule has 0 heterocycles. The summed E-state index contributed by atoms with van der Waals surface area (Å²) in [7, 11) is 2.18. The van der Waals surface area contributed by atoms with Crippen molar-refractivity contribution in [2.45, 2.75) is 19.3 Å². The molecular weight excluding hydrogens is 263 g/mol. The first-order valence-electron chi connectivity index (χ1n) is 7.89. The second kappa shape index (κ2) is 4.61. The highest BCUT2D eigenvalue weighted by Gasteiger charge is 2.36. The molecule has 0 bridgehead atoms. The first-order valence-corrected chi connectivity index (χ1v) is 7.89. The highest BCUT2D eigenvalue weighted by Crippen LogP contribution is 2.51. The third-order valence-electron chi connectivity index (χ3n) is 4.94. The van der Waals surface area contributed by atoms with Gasteiger partial charge in [0, 0.05) is 5.41 Å². The lowest BCUT2D eigenvalue weighted by Gasteiger charge is -2.22. The van der Waals surface area contributed by atoms with Gasteiger partial charge in [0.05, 0.1) is 0 Å². The monoisotopic (exact) mass is 282 g/mol. The number of benzene rings is 3. The van der Waals surface area contributed by atoms with Gasteiger partial charge in [-0.2, -0.15) is 0 Å². The third-order valence-corrected chi connectivity index (χ3v) is 4.94. The Balaban J connectivity index is 2.07. The van der Waals surface area contributed by atoms with Crippen molar-refractivity contribution in [1.29, 1.82) is 0 Å². The predicted molar refractivity (Wildman–Crippen MR) is 97.6 cm³/mol. The molecule has 1 heteroatoms. The zero-order valence-corrected chi connectivity index (χ0v) is 13.4. The molecule has 0 nitrogen and oxygen atoms in total. The van der Waals surface area contributed by atoms with E-state index in [2.05, 4.69) is 88.4 Å². The van der Waals surface area contributed by atoms with Gasteiger partial charge in [-0.15, -0.1) is 0 Å². The molecule has 0 fully saturated rings. The van der Waals surface area contributed by atoms with Crippen molar-refractivity contribution in [1.82, 2.24) is 0 Å². The Morgan fingerprint density at radius 2 is 1.50 bits per heavy atom. The summed E-state index contributed by atoms with van der Waals surface area (Å²) in [5.41, 5.74) is 9.74. The summed E-state index contributed by atoms with van der Waals surface area (Å²) < 4.78 is 0. The van der Waals surface area contributed by atoms with Gasteiger partial charge in [-0.3, -0.25) is 0 Å². The van der Waals surface area contributed by atoms with Crippen LogP contribution in [-0.4, -0.2) is 7.85 Å². The molecule has 0 atom stereocenters. The molecule has 0 unspecified atom stereocenters. The fourth-order valence-electron chi connectivity index (χ4n) is 3.76. The maximum Gasteiger partial charge on any atom is 0.139 e. The van der Waals surface area contributed by atoms with Crippen molar-refractivity contribution in [2.24, 2.45) is 0 Å². The lowest BCUT2D eigenvalue weighted by atomic mass is 9.80. The molecule has 3 aromatic carbocycles. The second-order valence-electron chi connectivity index (χ2n) is 6.77. The normalized spacial score (nSPS) is 14.5. The molecule has 1 aliphatic carbocycles. The van der Waals surface area contributed by atoms with Crippen LogP contribution in [0.1, 0.15) is 25.0 Å². The van der Waals surface area contributed by atoms with Gasteiger partial charge in [-0.05, 0) is 33.4 Å². The molecule has 0 radical (unpaired) electrons. The summed E-state index contributed by atoms with van der Waals surface area (Å²) in [5, 5.41) is 0. The van der Waals surface area contributed by atoms with Crippen LogP contribution < -0.4 is 5.46 Å². The second-order valence-corrected chi connectivity index (χ2v) is 6.77. The average molecular weight is 282 g/mol. The van der Waals surface area contributed by atoms with E-state index < -0.39 is 0 Å². The van der Waals surface area contributed by atoms with E-state index in [1.165, 1.54) is 38.8 Å². The SMILES string of the molecule is Bc1ccc2c(c1)C(C)(C)c1cccc(-c3ccccc3)c1-2. The molecule has 3 aromatic rings. The van der Waals surface area contributed by atoms with Gasteiger partial charge in [0.15, 0.2) is 0 Å². The highest BCUT2D eigenvalue weighted by atomic mass is 14.4. The quantitative estimate of drug-likeness (QED) is 0.593. The van der Waals surface area contributed by atoms with Crippen molar-refractivity contribution in [3.8, 4) is 22.3 Å². The molecule has 0 saturated heterocycles. The van der Waals surface area contributed by atoms with Gasteiger partial charge in [0.25, 0.3) is 0 Å². The molecule has 0 N–H and O–H groups in total. The number of hydrogen-bond acceptors (Lipinski definition) is 0. The Labute approximate surface area is 133 Å². The third kappa shape index (κ3) is 1.78. The van der Waals surface area contributed by atoms with Gasteiger partial charge < -0.3 is 0 Å². The predicted octanol–water partition coefficient (Wildman–Crippen LogP) is 3.92. The molecule has 0 saturated carbocycles. The maximum atomic E-state index is 2.35. The smallest absolute Gasteiger partial charge is 0.0886 e. The Kier molecular flexibility index (Phi) is 2.81. The lowest BCUT2D eigenvalue weighted by molar-refractivity contribution is 0.661. The first kappa shape index (κ1) is 13.4. The van der Waals surface area contributed by atoms with E-state index in [9.17, 15) is 0 Å². The first-order chi connectivity index (χ1) is 10.6. The van der Waals surface area contributed by atoms with Gasteiger partial charge >= 0.3 is 0 Å². The number of hydrogen-bond donors (Lipinski definition) is 0. The van der Waals surface area contributed by atoms with E-state index in [-0.39, 0.29) is 5.41 Å². The summed E-state index contributed by atoms with van der Waals surface area (Å²) in [5.74, 6) is 0. The van der Waals surface area contributed by atoms with Crippen molar-refractivity contribution in [3.05, 3.63) is 77.9 Å². The Bertz CT molecular complexity index is 860. The fourth-order valence-corrected chi connectivity index (χ4v) is 3.76. The van der Waals surface area contributed by atoms with Gasteiger partial charge in [0.2, 0.25) is 0 Å². The van der Waals surface area contributed by atoms with Crippen molar-refractivity contribution < 1.29 is 0 Å². The molecule has 0 amide bonds. The van der Waals surface area contributed by atoms with Crippen molar-refractivity contribution in [2.75, 3.05) is 0 Å². The van der Waals surface area contributed by atoms with Gasteiger partial charge in [-0.25, -0.2) is 0 Å². The molecule has 0 spiro atoms. The van der Waals surface area contributed by atoms with E-state index in [0.717, 1.165) is 0 Å². The highest BCUT2D eigenvalue weighted by molar-refractivity contribution is 6.32. The van der Waals surface area contributed by atoms with Crippen molar-refractivity contribution in [3.63, 3.8) is 0 Å². The Morgan fingerprint density at radius 3 is 2.27 bits per heavy atom. The van der Waals surface area contributed by atoms with Crippen LogP contribution in [0.15, 0.2) is 66.7 Å². The van der Waals surface area contributed by atoms with Gasteiger partial charge in [-0.1, -0.05) is 86.0 Å². The summed E-state index contributed by atoms with van der Waals surface area (Å²) in [6, 6.07) is 24.3. The summed E-state index contributed by atoms with van der Waals surface area (Å²) in [6.07, 6.45) is 0. The largest absolute Gasteiger partial charge is 0.139 e. The minimum atomic E-state index is 0.0709. The lowest BCUT2D eigenvalue weighted by Crippen LogP contribution is -2.17. The van der Waals surface area contributed by atoms with Crippen LogP contribution in [0.3, 0.4) is 0 Å². The minimum Gasteiger partial charge on any atom is -0.0886 e. The molecular formula is C21H19B. The summed E-state index contributed by atoms with van der Waals surface area (Å²) in [6.45, 7) is 4.68. The van der Waals surface area contributed by atoms with Gasteiger partial charge in [0.1, 0.15) is 7.85 Å². The number of rotatable bonds is 1. The Hall–Kier alpha value is -2.28. The molecule has 1 aliphatic rings. The minimum absolute atomic E-state index is 0.0709. The van der Waals surface area contributed by atoms with Crippen LogP contribution in [0.5, 0.6) is 0 Å². The van der Waals surface area contributed by atoms with Crippen LogP contribution >= 0.6 is 0 Å². The number of fused-ring (bicyclic) bond motifs is 3. The van der Waals surface area contributed by atoms with Crippen LogP contribution in [0, 0.1) is 0 Å². The van der Waals surface area contributed by atoms with E-state index in [1.54, 1.807) is 0 Å².